The van der Waals surface area contributed by atoms with E-state index in [4.69, 9.17) is 11.0 Å². The monoisotopic (exact) mass is 221 g/mol. The smallest absolute Gasteiger partial charge is 0.241 e. The maximum Gasteiger partial charge on any atom is 0.241 e. The van der Waals surface area contributed by atoms with Crippen LogP contribution in [-0.4, -0.2) is 28.9 Å². The van der Waals surface area contributed by atoms with Crippen LogP contribution in [0, 0.1) is 23.2 Å². The van der Waals surface area contributed by atoms with E-state index in [-0.39, 0.29) is 17.9 Å². The zero-order valence-electron chi connectivity index (χ0n) is 9.89. The Hall–Kier alpha value is -1.08. The number of nitrogens with two attached hydrogens (primary N) is 1. The molecule has 4 nitrogen and oxygen atoms in total. The Kier molecular flexibility index (Phi) is 2.90. The lowest BCUT2D eigenvalue weighted by Gasteiger charge is -2.28. The molecule has 1 heterocycles. The molecule has 1 saturated carbocycles. The molecule has 0 aromatic heterocycles. The Balaban J connectivity index is 2.06. The van der Waals surface area contributed by atoms with Crippen molar-refractivity contribution >= 4 is 5.91 Å². The fourth-order valence-electron chi connectivity index (χ4n) is 2.56. The number of carbonyl (C=O) groups excluding carboxylic acids is 1. The van der Waals surface area contributed by atoms with E-state index in [1.165, 1.54) is 0 Å². The molecule has 0 aromatic carbocycles. The molecule has 1 aliphatic carbocycles. The summed E-state index contributed by atoms with van der Waals surface area (Å²) in [4.78, 5) is 14.0. The van der Waals surface area contributed by atoms with E-state index in [9.17, 15) is 4.79 Å². The zero-order valence-corrected chi connectivity index (χ0v) is 9.89. The van der Waals surface area contributed by atoms with Gasteiger partial charge in [0.1, 0.15) is 6.04 Å². The Morgan fingerprint density at radius 1 is 1.62 bits per heavy atom. The highest BCUT2D eigenvalue weighted by molar-refractivity contribution is 5.83. The summed E-state index contributed by atoms with van der Waals surface area (Å²) < 4.78 is 0. The number of piperidine rings is 1. The number of rotatable bonds is 3. The standard InChI is InChI=1S/C12H19N3O/c1-3-7(2)11(14)12(16)15-9(6-13)4-8-5-10(8)15/h7-11H,3-5,14H2,1-2H3/t7?,8?,9-,10?,11-/m0/s1. The van der Waals surface area contributed by atoms with Gasteiger partial charge in [-0.3, -0.25) is 4.79 Å². The van der Waals surface area contributed by atoms with Crippen molar-refractivity contribution in [2.45, 2.75) is 51.2 Å². The van der Waals surface area contributed by atoms with Gasteiger partial charge in [0.05, 0.1) is 12.1 Å². The second-order valence-electron chi connectivity index (χ2n) is 5.10. The van der Waals surface area contributed by atoms with E-state index < -0.39 is 6.04 Å². The molecule has 0 aromatic rings. The first-order valence-electron chi connectivity index (χ1n) is 6.07. The summed E-state index contributed by atoms with van der Waals surface area (Å²) in [6, 6.07) is 1.85. The Bertz CT molecular complexity index is 336. The second-order valence-corrected chi connectivity index (χ2v) is 5.10. The molecule has 16 heavy (non-hydrogen) atoms. The highest BCUT2D eigenvalue weighted by Crippen LogP contribution is 2.47. The number of fused-ring (bicyclic) bond motifs is 1. The van der Waals surface area contributed by atoms with E-state index >= 15 is 0 Å². The third-order valence-electron chi connectivity index (χ3n) is 4.05. The number of likely N-dealkylation sites (tertiary alicyclic amines) is 1. The fourth-order valence-corrected chi connectivity index (χ4v) is 2.56. The van der Waals surface area contributed by atoms with E-state index in [2.05, 4.69) is 6.07 Å². The molecule has 2 N–H and O–H groups in total. The lowest BCUT2D eigenvalue weighted by atomic mass is 9.98. The van der Waals surface area contributed by atoms with Gasteiger partial charge in [-0.15, -0.1) is 0 Å². The van der Waals surface area contributed by atoms with Gasteiger partial charge in [0, 0.05) is 6.04 Å². The normalized spacial score (nSPS) is 35.1. The third kappa shape index (κ3) is 1.69. The van der Waals surface area contributed by atoms with Crippen molar-refractivity contribution in [2.75, 3.05) is 0 Å². The molecule has 4 heteroatoms. The summed E-state index contributed by atoms with van der Waals surface area (Å²) in [6.07, 6.45) is 2.81. The van der Waals surface area contributed by atoms with Gasteiger partial charge < -0.3 is 10.6 Å². The number of hydrogen-bond donors (Lipinski definition) is 1. The minimum absolute atomic E-state index is 0.0223. The number of nitriles is 1. The Labute approximate surface area is 96.4 Å². The van der Waals surface area contributed by atoms with Gasteiger partial charge in [-0.25, -0.2) is 0 Å². The van der Waals surface area contributed by atoms with Gasteiger partial charge in [0.2, 0.25) is 5.91 Å². The maximum absolute atomic E-state index is 12.2. The zero-order chi connectivity index (χ0) is 11.9. The average molecular weight is 221 g/mol. The number of hydrogen-bond acceptors (Lipinski definition) is 3. The Morgan fingerprint density at radius 2 is 2.31 bits per heavy atom. The second kappa shape index (κ2) is 4.06. The van der Waals surface area contributed by atoms with Crippen LogP contribution in [0.5, 0.6) is 0 Å². The van der Waals surface area contributed by atoms with Crippen LogP contribution in [-0.2, 0) is 4.79 Å². The lowest BCUT2D eigenvalue weighted by molar-refractivity contribution is -0.134. The summed E-state index contributed by atoms with van der Waals surface area (Å²) in [6.45, 7) is 4.02. The largest absolute Gasteiger partial charge is 0.322 e. The van der Waals surface area contributed by atoms with Crippen molar-refractivity contribution in [2.24, 2.45) is 17.6 Å². The molecule has 2 aliphatic rings. The third-order valence-corrected chi connectivity index (χ3v) is 4.05. The van der Waals surface area contributed by atoms with Gasteiger partial charge in [-0.1, -0.05) is 20.3 Å². The van der Waals surface area contributed by atoms with E-state index in [0.29, 0.717) is 12.0 Å². The topological polar surface area (TPSA) is 70.1 Å². The van der Waals surface area contributed by atoms with Crippen molar-refractivity contribution in [3.8, 4) is 6.07 Å². The van der Waals surface area contributed by atoms with Crippen molar-refractivity contribution in [3.63, 3.8) is 0 Å². The van der Waals surface area contributed by atoms with E-state index in [0.717, 1.165) is 19.3 Å². The maximum atomic E-state index is 12.2. The van der Waals surface area contributed by atoms with Crippen molar-refractivity contribution in [1.82, 2.24) is 4.90 Å². The lowest BCUT2D eigenvalue weighted by Crippen LogP contribution is -2.49. The molecule has 0 spiro atoms. The predicted octanol–water partition coefficient (Wildman–Crippen LogP) is 0.873. The molecular formula is C12H19N3O. The van der Waals surface area contributed by atoms with Gasteiger partial charge in [0.15, 0.2) is 0 Å². The molecule has 1 aliphatic heterocycles. The molecular weight excluding hydrogens is 202 g/mol. The summed E-state index contributed by atoms with van der Waals surface area (Å²) in [5.41, 5.74) is 5.95. The van der Waals surface area contributed by atoms with Gasteiger partial charge in [-0.05, 0) is 24.7 Å². The van der Waals surface area contributed by atoms with Crippen LogP contribution in [0.25, 0.3) is 0 Å². The first-order valence-corrected chi connectivity index (χ1v) is 6.07. The summed E-state index contributed by atoms with van der Waals surface area (Å²) in [5.74, 6) is 0.730. The molecule has 0 bridgehead atoms. The van der Waals surface area contributed by atoms with E-state index in [1.807, 2.05) is 13.8 Å². The van der Waals surface area contributed by atoms with Crippen LogP contribution in [0.2, 0.25) is 0 Å². The Morgan fingerprint density at radius 3 is 2.88 bits per heavy atom. The highest BCUT2D eigenvalue weighted by Gasteiger charge is 2.54. The SMILES string of the molecule is CCC(C)[C@H](N)C(=O)N1C2CC2C[C@H]1C#N. The molecule has 88 valence electrons. The molecule has 1 saturated heterocycles. The van der Waals surface area contributed by atoms with Crippen LogP contribution in [0.15, 0.2) is 0 Å². The number of nitrogens with zero attached hydrogens (tertiary/aromatic N) is 2. The predicted molar refractivity (Wildman–Crippen MR) is 60.2 cm³/mol. The molecule has 5 atom stereocenters. The van der Waals surface area contributed by atoms with Gasteiger partial charge in [-0.2, -0.15) is 5.26 Å². The molecule has 2 rings (SSSR count). The van der Waals surface area contributed by atoms with Gasteiger partial charge in [0.25, 0.3) is 0 Å². The van der Waals surface area contributed by atoms with Crippen LogP contribution >= 0.6 is 0 Å². The minimum atomic E-state index is -0.444. The first kappa shape index (κ1) is 11.4. The van der Waals surface area contributed by atoms with Crippen molar-refractivity contribution < 1.29 is 4.79 Å². The fraction of sp³-hybridized carbons (Fsp3) is 0.833. The molecule has 1 amide bonds. The minimum Gasteiger partial charge on any atom is -0.322 e. The molecule has 0 radical (unpaired) electrons. The van der Waals surface area contributed by atoms with Crippen LogP contribution in [0.3, 0.4) is 0 Å². The molecule has 2 fully saturated rings. The molecule has 3 unspecified atom stereocenters. The van der Waals surface area contributed by atoms with Crippen LogP contribution < -0.4 is 5.73 Å². The first-order chi connectivity index (χ1) is 7.60. The van der Waals surface area contributed by atoms with E-state index in [1.54, 1.807) is 4.90 Å². The summed E-state index contributed by atoms with van der Waals surface area (Å²) in [5, 5.41) is 9.02. The van der Waals surface area contributed by atoms with Crippen LogP contribution in [0.1, 0.15) is 33.1 Å². The van der Waals surface area contributed by atoms with Crippen LogP contribution in [0.4, 0.5) is 0 Å². The summed E-state index contributed by atoms with van der Waals surface area (Å²) >= 11 is 0. The van der Waals surface area contributed by atoms with Crippen molar-refractivity contribution in [1.29, 1.82) is 5.26 Å². The number of carbonyl (C=O) groups is 1. The average Bonchev–Trinajstić information content (AvgIpc) is 2.97. The van der Waals surface area contributed by atoms with Gasteiger partial charge >= 0.3 is 0 Å². The summed E-state index contributed by atoms with van der Waals surface area (Å²) in [7, 11) is 0. The highest BCUT2D eigenvalue weighted by atomic mass is 16.2. The number of amides is 1. The van der Waals surface area contributed by atoms with Crippen molar-refractivity contribution in [3.05, 3.63) is 0 Å². The quantitative estimate of drug-likeness (QED) is 0.768.